The second-order valence-corrected chi connectivity index (χ2v) is 4.82. The average Bonchev–Trinajstić information content (AvgIpc) is 2.35. The van der Waals surface area contributed by atoms with E-state index < -0.39 is 10.7 Å². The van der Waals surface area contributed by atoms with Gasteiger partial charge in [0.25, 0.3) is 0 Å². The monoisotopic (exact) mass is 345 g/mol. The minimum absolute atomic E-state index is 0.0536. The van der Waals surface area contributed by atoms with E-state index in [1.807, 2.05) is 0 Å². The number of nitrogens with one attached hydrogen (secondary N) is 1. The third-order valence-electron chi connectivity index (χ3n) is 2.24. The quantitative estimate of drug-likeness (QED) is 0.665. The number of pyridine rings is 1. The van der Waals surface area contributed by atoms with Crippen LogP contribution in [0.5, 0.6) is 0 Å². The average molecular weight is 347 g/mol. The number of para-hydroxylation sites is 1. The van der Waals surface area contributed by atoms with Crippen molar-refractivity contribution in [2.75, 3.05) is 5.32 Å². The molecule has 0 aliphatic heterocycles. The number of hydrogen-bond acceptors (Lipinski definition) is 4. The van der Waals surface area contributed by atoms with Gasteiger partial charge in [0.05, 0.1) is 15.6 Å². The highest BCUT2D eigenvalue weighted by atomic mass is 79.9. The molecule has 2 rings (SSSR count). The Morgan fingerprint density at radius 3 is 2.84 bits per heavy atom. The summed E-state index contributed by atoms with van der Waals surface area (Å²) in [6.45, 7) is 0. The van der Waals surface area contributed by atoms with Crippen LogP contribution in [0.1, 0.15) is 0 Å². The van der Waals surface area contributed by atoms with Crippen molar-refractivity contribution in [2.45, 2.75) is 0 Å². The molecule has 0 unspecified atom stereocenters. The third-order valence-corrected chi connectivity index (χ3v) is 2.99. The zero-order chi connectivity index (χ0) is 14.0. The molecule has 0 fully saturated rings. The Morgan fingerprint density at radius 1 is 1.47 bits per heavy atom. The van der Waals surface area contributed by atoms with Crippen LogP contribution in [0.25, 0.3) is 0 Å². The molecule has 1 heterocycles. The lowest BCUT2D eigenvalue weighted by Gasteiger charge is -2.09. The Balaban J connectivity index is 2.47. The normalized spacial score (nSPS) is 10.3. The fourth-order valence-electron chi connectivity index (χ4n) is 1.40. The first-order valence-electron chi connectivity index (χ1n) is 5.00. The highest BCUT2D eigenvalue weighted by Crippen LogP contribution is 2.32. The van der Waals surface area contributed by atoms with Crippen molar-refractivity contribution in [3.05, 3.63) is 55.9 Å². The molecule has 98 valence electrons. The van der Waals surface area contributed by atoms with Crippen molar-refractivity contribution in [3.8, 4) is 0 Å². The maximum absolute atomic E-state index is 13.6. The number of benzene rings is 1. The van der Waals surface area contributed by atoms with E-state index in [-0.39, 0.29) is 22.2 Å². The van der Waals surface area contributed by atoms with Gasteiger partial charge >= 0.3 is 5.69 Å². The SMILES string of the molecule is O=[N+]([O-])c1cc(Br)cnc1Nc1c(F)cccc1Cl. The summed E-state index contributed by atoms with van der Waals surface area (Å²) in [5.74, 6) is -0.702. The molecule has 8 heteroatoms. The van der Waals surface area contributed by atoms with Crippen molar-refractivity contribution >= 4 is 44.7 Å². The summed E-state index contributed by atoms with van der Waals surface area (Å²) >= 11 is 8.92. The van der Waals surface area contributed by atoms with Crippen LogP contribution < -0.4 is 5.32 Å². The Hall–Kier alpha value is -1.73. The summed E-state index contributed by atoms with van der Waals surface area (Å²) in [5.41, 5.74) is -0.337. The van der Waals surface area contributed by atoms with Gasteiger partial charge < -0.3 is 5.32 Å². The summed E-state index contributed by atoms with van der Waals surface area (Å²) in [5, 5.41) is 13.6. The van der Waals surface area contributed by atoms with E-state index in [0.717, 1.165) is 0 Å². The van der Waals surface area contributed by atoms with E-state index in [0.29, 0.717) is 4.47 Å². The van der Waals surface area contributed by atoms with Crippen molar-refractivity contribution in [2.24, 2.45) is 0 Å². The number of nitro groups is 1. The molecule has 0 aliphatic rings. The van der Waals surface area contributed by atoms with E-state index in [4.69, 9.17) is 11.6 Å². The largest absolute Gasteiger partial charge is 0.331 e. The number of aromatic nitrogens is 1. The molecule has 0 spiro atoms. The maximum Gasteiger partial charge on any atom is 0.312 e. The van der Waals surface area contributed by atoms with Crippen molar-refractivity contribution < 1.29 is 9.31 Å². The van der Waals surface area contributed by atoms with Gasteiger partial charge in [0, 0.05) is 16.7 Å². The number of hydrogen-bond donors (Lipinski definition) is 1. The molecule has 0 bridgehead atoms. The second-order valence-electron chi connectivity index (χ2n) is 3.50. The van der Waals surface area contributed by atoms with Gasteiger partial charge in [-0.1, -0.05) is 17.7 Å². The predicted molar refractivity (Wildman–Crippen MR) is 73.3 cm³/mol. The van der Waals surface area contributed by atoms with E-state index in [1.54, 1.807) is 0 Å². The third kappa shape index (κ3) is 2.99. The molecular formula is C11H6BrClFN3O2. The van der Waals surface area contributed by atoms with Gasteiger partial charge in [0.2, 0.25) is 5.82 Å². The van der Waals surface area contributed by atoms with Crippen molar-refractivity contribution in [1.82, 2.24) is 4.98 Å². The van der Waals surface area contributed by atoms with Crippen LogP contribution in [0.3, 0.4) is 0 Å². The van der Waals surface area contributed by atoms with Gasteiger partial charge in [-0.05, 0) is 28.1 Å². The molecule has 5 nitrogen and oxygen atoms in total. The predicted octanol–water partition coefficient (Wildman–Crippen LogP) is 4.29. The summed E-state index contributed by atoms with van der Waals surface area (Å²) in [6, 6.07) is 5.37. The van der Waals surface area contributed by atoms with Crippen molar-refractivity contribution in [3.63, 3.8) is 0 Å². The molecule has 0 saturated carbocycles. The molecule has 1 N–H and O–H groups in total. The molecule has 19 heavy (non-hydrogen) atoms. The Kier molecular flexibility index (Phi) is 3.96. The fraction of sp³-hybridized carbons (Fsp3) is 0. The van der Waals surface area contributed by atoms with E-state index in [9.17, 15) is 14.5 Å². The zero-order valence-corrected chi connectivity index (χ0v) is 11.6. The fourth-order valence-corrected chi connectivity index (χ4v) is 1.93. The van der Waals surface area contributed by atoms with Gasteiger partial charge in [0.1, 0.15) is 5.82 Å². The number of anilines is 2. The molecule has 0 radical (unpaired) electrons. The minimum Gasteiger partial charge on any atom is -0.331 e. The second kappa shape index (κ2) is 5.50. The smallest absolute Gasteiger partial charge is 0.312 e. The Morgan fingerprint density at radius 2 is 2.21 bits per heavy atom. The standard InChI is InChI=1S/C11H6BrClFN3O2/c12-6-4-9(17(18)19)11(15-5-6)16-10-7(13)2-1-3-8(10)14/h1-5H,(H,15,16). The molecule has 1 aromatic heterocycles. The topological polar surface area (TPSA) is 68.1 Å². The zero-order valence-electron chi connectivity index (χ0n) is 9.23. The Bertz CT molecular complexity index is 634. The van der Waals surface area contributed by atoms with E-state index in [1.165, 1.54) is 30.5 Å². The maximum atomic E-state index is 13.6. The molecule has 2 aromatic rings. The van der Waals surface area contributed by atoms with Crippen LogP contribution >= 0.6 is 27.5 Å². The minimum atomic E-state index is -0.619. The van der Waals surface area contributed by atoms with Gasteiger partial charge in [-0.25, -0.2) is 9.37 Å². The van der Waals surface area contributed by atoms with Gasteiger partial charge in [-0.3, -0.25) is 10.1 Å². The number of halogens is 3. The van der Waals surface area contributed by atoms with Crippen LogP contribution in [-0.2, 0) is 0 Å². The molecule has 0 saturated heterocycles. The summed E-state index contributed by atoms with van der Waals surface area (Å²) in [4.78, 5) is 14.1. The van der Waals surface area contributed by atoms with Gasteiger partial charge in [-0.15, -0.1) is 0 Å². The lowest BCUT2D eigenvalue weighted by atomic mass is 10.3. The molecular weight excluding hydrogens is 340 g/mol. The van der Waals surface area contributed by atoms with Crippen molar-refractivity contribution in [1.29, 1.82) is 0 Å². The molecule has 1 aromatic carbocycles. The number of rotatable bonds is 3. The first kappa shape index (κ1) is 13.7. The molecule has 0 aliphatic carbocycles. The summed E-state index contributed by atoms with van der Waals surface area (Å²) in [7, 11) is 0. The van der Waals surface area contributed by atoms with Crippen LogP contribution in [-0.4, -0.2) is 9.91 Å². The lowest BCUT2D eigenvalue weighted by molar-refractivity contribution is -0.384. The molecule has 0 atom stereocenters. The number of nitrogens with zero attached hydrogens (tertiary/aromatic N) is 2. The van der Waals surface area contributed by atoms with E-state index >= 15 is 0 Å². The van der Waals surface area contributed by atoms with Crippen LogP contribution in [0.15, 0.2) is 34.9 Å². The summed E-state index contributed by atoms with van der Waals surface area (Å²) < 4.78 is 14.0. The lowest BCUT2D eigenvalue weighted by Crippen LogP contribution is -2.01. The van der Waals surface area contributed by atoms with Crippen LogP contribution in [0.4, 0.5) is 21.6 Å². The van der Waals surface area contributed by atoms with Crippen LogP contribution in [0.2, 0.25) is 5.02 Å². The highest BCUT2D eigenvalue weighted by molar-refractivity contribution is 9.10. The molecule has 0 amide bonds. The first-order valence-corrected chi connectivity index (χ1v) is 6.17. The first-order chi connectivity index (χ1) is 8.99. The van der Waals surface area contributed by atoms with E-state index in [2.05, 4.69) is 26.2 Å². The summed E-state index contributed by atoms with van der Waals surface area (Å²) in [6.07, 6.45) is 1.37. The Labute approximate surface area is 120 Å². The van der Waals surface area contributed by atoms with Crippen LogP contribution in [0, 0.1) is 15.9 Å². The highest BCUT2D eigenvalue weighted by Gasteiger charge is 2.18. The van der Waals surface area contributed by atoms with Gasteiger partial charge in [0.15, 0.2) is 0 Å². The van der Waals surface area contributed by atoms with Gasteiger partial charge in [-0.2, -0.15) is 0 Å².